The van der Waals surface area contributed by atoms with Crippen LogP contribution < -0.4 is 5.32 Å². The molecule has 2 fully saturated rings. The van der Waals surface area contributed by atoms with Crippen molar-refractivity contribution in [1.82, 2.24) is 4.90 Å². The molecule has 1 aromatic carbocycles. The van der Waals surface area contributed by atoms with Crippen molar-refractivity contribution in [2.45, 2.75) is 76.6 Å². The van der Waals surface area contributed by atoms with Crippen molar-refractivity contribution in [1.29, 1.82) is 0 Å². The van der Waals surface area contributed by atoms with E-state index < -0.39 is 6.04 Å². The van der Waals surface area contributed by atoms with Crippen LogP contribution >= 0.6 is 11.8 Å². The van der Waals surface area contributed by atoms with Crippen molar-refractivity contribution in [3.8, 4) is 0 Å². The first kappa shape index (κ1) is 22.0. The minimum Gasteiger partial charge on any atom is -0.464 e. The minimum atomic E-state index is -0.502. The van der Waals surface area contributed by atoms with Gasteiger partial charge in [0.2, 0.25) is 0 Å². The van der Waals surface area contributed by atoms with Crippen LogP contribution in [0.1, 0.15) is 64.4 Å². The Morgan fingerprint density at radius 2 is 1.93 bits per heavy atom. The molecule has 6 heteroatoms. The van der Waals surface area contributed by atoms with Crippen molar-refractivity contribution in [3.05, 3.63) is 29.8 Å². The lowest BCUT2D eigenvalue weighted by Crippen LogP contribution is -2.50. The predicted molar refractivity (Wildman–Crippen MR) is 119 cm³/mol. The molecule has 3 rings (SSSR count). The zero-order valence-electron chi connectivity index (χ0n) is 17.7. The fourth-order valence-corrected chi connectivity index (χ4v) is 5.92. The minimum absolute atomic E-state index is 0.0489. The third-order valence-electron chi connectivity index (χ3n) is 5.98. The number of carbonyl (C=O) groups excluding carboxylic acids is 2. The number of thioether (sulfide) groups is 1. The molecule has 2 amide bonds. The Balaban J connectivity index is 1.78. The highest BCUT2D eigenvalue weighted by atomic mass is 32.2. The molecule has 2 atom stereocenters. The van der Waals surface area contributed by atoms with E-state index in [2.05, 4.69) is 19.2 Å². The van der Waals surface area contributed by atoms with Crippen LogP contribution in [0.2, 0.25) is 0 Å². The molecule has 0 spiro atoms. The molecule has 1 aliphatic heterocycles. The highest BCUT2D eigenvalue weighted by molar-refractivity contribution is 8.00. The van der Waals surface area contributed by atoms with Crippen molar-refractivity contribution in [2.75, 3.05) is 17.7 Å². The van der Waals surface area contributed by atoms with Gasteiger partial charge < -0.3 is 10.1 Å². The number of nitrogens with one attached hydrogen (secondary N) is 1. The van der Waals surface area contributed by atoms with Gasteiger partial charge in [-0.15, -0.1) is 11.8 Å². The Morgan fingerprint density at radius 3 is 2.66 bits per heavy atom. The molecule has 1 saturated carbocycles. The van der Waals surface area contributed by atoms with Gasteiger partial charge in [-0.2, -0.15) is 0 Å². The maximum absolute atomic E-state index is 13.4. The first-order valence-electron chi connectivity index (χ1n) is 11.1. The number of urea groups is 1. The van der Waals surface area contributed by atoms with Crippen molar-refractivity contribution in [2.24, 2.45) is 5.92 Å². The molecule has 0 radical (unpaired) electrons. The number of ether oxygens (including phenoxy) is 1. The predicted octanol–water partition coefficient (Wildman–Crippen LogP) is 5.45. The summed E-state index contributed by atoms with van der Waals surface area (Å²) in [6.07, 6.45) is 8.63. The molecule has 0 aromatic heterocycles. The fourth-order valence-electron chi connectivity index (χ4n) is 4.29. The molecule has 1 N–H and O–H groups in total. The summed E-state index contributed by atoms with van der Waals surface area (Å²) >= 11 is 1.75. The van der Waals surface area contributed by atoms with Gasteiger partial charge >= 0.3 is 12.0 Å². The lowest BCUT2D eigenvalue weighted by atomic mass is 9.88. The normalized spacial score (nSPS) is 22.5. The summed E-state index contributed by atoms with van der Waals surface area (Å²) < 4.78 is 5.50. The van der Waals surface area contributed by atoms with Gasteiger partial charge in [-0.05, 0) is 43.2 Å². The van der Waals surface area contributed by atoms with Gasteiger partial charge in [0.25, 0.3) is 0 Å². The van der Waals surface area contributed by atoms with E-state index in [4.69, 9.17) is 4.74 Å². The van der Waals surface area contributed by atoms with E-state index in [0.29, 0.717) is 18.3 Å². The number of amides is 2. The average Bonchev–Trinajstić information content (AvgIpc) is 3.20. The van der Waals surface area contributed by atoms with Crippen molar-refractivity contribution >= 4 is 29.4 Å². The Bertz CT molecular complexity index is 690. The number of rotatable bonds is 7. The van der Waals surface area contributed by atoms with Crippen LogP contribution in [0.4, 0.5) is 10.5 Å². The summed E-state index contributed by atoms with van der Waals surface area (Å²) in [5, 5.41) is 3.14. The standard InChI is InChI=1S/C23H34N2O3S/c1-3-5-15-28-22(26)20-16-29-21(18-12-7-6-8-13-18)25(20)23(27)24-19-14-10-9-11-17(19)4-2/h9-11,14,18,20-21H,3-8,12-13,15-16H2,1-2H3,(H,24,27)/t20-,21-/m1/s1. The highest BCUT2D eigenvalue weighted by Gasteiger charge is 2.45. The molecular formula is C23H34N2O3S. The summed E-state index contributed by atoms with van der Waals surface area (Å²) in [5.74, 6) is 0.812. The molecule has 29 heavy (non-hydrogen) atoms. The molecule has 1 aromatic rings. The number of hydrogen-bond donors (Lipinski definition) is 1. The maximum atomic E-state index is 13.4. The Kier molecular flexibility index (Phi) is 8.28. The molecule has 160 valence electrons. The van der Waals surface area contributed by atoms with Crippen LogP contribution in [0.15, 0.2) is 24.3 Å². The number of aryl methyl sites for hydroxylation is 1. The second kappa shape index (κ2) is 10.9. The summed E-state index contributed by atoms with van der Waals surface area (Å²) in [7, 11) is 0. The van der Waals surface area contributed by atoms with Crippen molar-refractivity contribution in [3.63, 3.8) is 0 Å². The molecular weight excluding hydrogens is 384 g/mol. The van der Waals surface area contributed by atoms with E-state index in [1.165, 1.54) is 19.3 Å². The van der Waals surface area contributed by atoms with Crippen LogP contribution in [0, 0.1) is 5.92 Å². The maximum Gasteiger partial charge on any atom is 0.329 e. The molecule has 1 saturated heterocycles. The first-order valence-corrected chi connectivity index (χ1v) is 12.2. The van der Waals surface area contributed by atoms with Gasteiger partial charge in [-0.25, -0.2) is 9.59 Å². The molecule has 1 heterocycles. The Hall–Kier alpha value is -1.69. The summed E-state index contributed by atoms with van der Waals surface area (Å²) in [6.45, 7) is 4.58. The SMILES string of the molecule is CCCCOC(=O)[C@H]1CS[C@H](C2CCCCC2)N1C(=O)Nc1ccccc1CC. The molecule has 0 unspecified atom stereocenters. The van der Waals surface area contributed by atoms with Gasteiger partial charge in [-0.3, -0.25) is 4.90 Å². The van der Waals surface area contributed by atoms with E-state index in [0.717, 1.165) is 43.4 Å². The Labute approximate surface area is 178 Å². The van der Waals surface area contributed by atoms with E-state index in [-0.39, 0.29) is 17.4 Å². The summed E-state index contributed by atoms with van der Waals surface area (Å²) in [6, 6.07) is 7.20. The number of para-hydroxylation sites is 1. The fraction of sp³-hybridized carbons (Fsp3) is 0.652. The number of carbonyl (C=O) groups is 2. The first-order chi connectivity index (χ1) is 14.2. The van der Waals surface area contributed by atoms with Gasteiger partial charge in [0.1, 0.15) is 6.04 Å². The average molecular weight is 419 g/mol. The number of nitrogens with zero attached hydrogens (tertiary/aromatic N) is 1. The summed E-state index contributed by atoms with van der Waals surface area (Å²) in [4.78, 5) is 27.9. The van der Waals surface area contributed by atoms with Gasteiger partial charge in [0.15, 0.2) is 0 Å². The second-order valence-corrected chi connectivity index (χ2v) is 9.16. The molecule has 5 nitrogen and oxygen atoms in total. The van der Waals surface area contributed by atoms with Crippen molar-refractivity contribution < 1.29 is 14.3 Å². The third kappa shape index (κ3) is 5.47. The monoisotopic (exact) mass is 418 g/mol. The molecule has 2 aliphatic rings. The van der Waals surface area contributed by atoms with Crippen LogP contribution in [-0.4, -0.2) is 40.7 Å². The van der Waals surface area contributed by atoms with E-state index >= 15 is 0 Å². The third-order valence-corrected chi connectivity index (χ3v) is 7.44. The highest BCUT2D eigenvalue weighted by Crippen LogP contribution is 2.41. The Morgan fingerprint density at radius 1 is 1.17 bits per heavy atom. The second-order valence-electron chi connectivity index (χ2n) is 8.01. The zero-order chi connectivity index (χ0) is 20.6. The van der Waals surface area contributed by atoms with E-state index in [1.807, 2.05) is 24.3 Å². The number of hydrogen-bond acceptors (Lipinski definition) is 4. The van der Waals surface area contributed by atoms with Gasteiger partial charge in [0, 0.05) is 11.4 Å². The van der Waals surface area contributed by atoms with Crippen LogP contribution in [0.5, 0.6) is 0 Å². The topological polar surface area (TPSA) is 58.6 Å². The van der Waals surface area contributed by atoms with Gasteiger partial charge in [-0.1, -0.05) is 57.7 Å². The lowest BCUT2D eigenvalue weighted by molar-refractivity contribution is -0.148. The van der Waals surface area contributed by atoms with Crippen LogP contribution in [0.3, 0.4) is 0 Å². The number of unbranched alkanes of at least 4 members (excludes halogenated alkanes) is 1. The van der Waals surface area contributed by atoms with Crippen LogP contribution in [0.25, 0.3) is 0 Å². The summed E-state index contributed by atoms with van der Waals surface area (Å²) in [5.41, 5.74) is 1.93. The van der Waals surface area contributed by atoms with Gasteiger partial charge in [0.05, 0.1) is 12.0 Å². The number of benzene rings is 1. The quantitative estimate of drug-likeness (QED) is 0.473. The largest absolute Gasteiger partial charge is 0.464 e. The molecule has 1 aliphatic carbocycles. The lowest BCUT2D eigenvalue weighted by Gasteiger charge is -2.35. The smallest absolute Gasteiger partial charge is 0.329 e. The number of esters is 1. The number of anilines is 1. The van der Waals surface area contributed by atoms with E-state index in [9.17, 15) is 9.59 Å². The molecule has 0 bridgehead atoms. The zero-order valence-corrected chi connectivity index (χ0v) is 18.5. The van der Waals surface area contributed by atoms with Crippen LogP contribution in [-0.2, 0) is 16.0 Å². The van der Waals surface area contributed by atoms with E-state index in [1.54, 1.807) is 16.7 Å².